The lowest BCUT2D eigenvalue weighted by molar-refractivity contribution is -0.355. The van der Waals surface area contributed by atoms with Crippen molar-refractivity contribution in [3.63, 3.8) is 0 Å². The van der Waals surface area contributed by atoms with Gasteiger partial charge in [-0.25, -0.2) is 4.79 Å². The van der Waals surface area contributed by atoms with Gasteiger partial charge in [0, 0.05) is 0 Å². The Balaban J connectivity index is 3.11. The fourth-order valence-corrected chi connectivity index (χ4v) is 1.85. The third kappa shape index (κ3) is 2.68. The van der Waals surface area contributed by atoms with E-state index in [0.717, 1.165) is 0 Å². The molecule has 1 amide bonds. The van der Waals surface area contributed by atoms with Crippen LogP contribution in [-0.4, -0.2) is 85.9 Å². The van der Waals surface area contributed by atoms with Gasteiger partial charge >= 0.3 is 5.97 Å². The number of amides is 1. The van der Waals surface area contributed by atoms with Crippen LogP contribution in [0.5, 0.6) is 0 Å². The van der Waals surface area contributed by atoms with Crippen molar-refractivity contribution in [2.24, 2.45) is 0 Å². The second kappa shape index (κ2) is 5.77. The molecular formula is C9H15NO9. The van der Waals surface area contributed by atoms with Crippen LogP contribution >= 0.6 is 0 Å². The molecule has 1 fully saturated rings. The summed E-state index contributed by atoms with van der Waals surface area (Å²) in [5, 5.41) is 58.2. The van der Waals surface area contributed by atoms with E-state index in [2.05, 4.69) is 0 Å². The molecule has 10 heteroatoms. The first-order chi connectivity index (χ1) is 8.79. The van der Waals surface area contributed by atoms with Crippen LogP contribution in [0.25, 0.3) is 0 Å². The summed E-state index contributed by atoms with van der Waals surface area (Å²) < 4.78 is 4.74. The molecule has 0 spiro atoms. The fraction of sp³-hybridized carbons (Fsp3) is 0.778. The topological polar surface area (TPSA) is 177 Å². The van der Waals surface area contributed by atoms with Gasteiger partial charge in [0.1, 0.15) is 24.4 Å². The average Bonchev–Trinajstić information content (AvgIpc) is 2.37. The predicted molar refractivity (Wildman–Crippen MR) is 55.6 cm³/mol. The number of carbonyl (C=O) groups excluding carboxylic acids is 1. The third-order valence-corrected chi connectivity index (χ3v) is 2.89. The normalized spacial score (nSPS) is 40.5. The van der Waals surface area contributed by atoms with Crippen LogP contribution in [0.2, 0.25) is 0 Å². The fourth-order valence-electron chi connectivity index (χ4n) is 1.85. The number of carboxylic acid groups (broad SMARTS) is 1. The number of aliphatic hydroxyl groups excluding tert-OH is 4. The van der Waals surface area contributed by atoms with Gasteiger partial charge in [0.25, 0.3) is 0 Å². The third-order valence-electron chi connectivity index (χ3n) is 2.89. The van der Waals surface area contributed by atoms with E-state index in [9.17, 15) is 30.0 Å². The van der Waals surface area contributed by atoms with Crippen molar-refractivity contribution in [3.05, 3.63) is 0 Å². The number of nitrogens with one attached hydrogen (secondary N) is 1. The first-order valence-electron chi connectivity index (χ1n) is 5.27. The summed E-state index contributed by atoms with van der Waals surface area (Å²) in [7, 11) is 0. The minimum atomic E-state index is -2.90. The van der Waals surface area contributed by atoms with Crippen LogP contribution in [0.1, 0.15) is 0 Å². The standard InChI is InChI=1S/C9H15NO9/c11-1-3-4(13)5(14)7(15)9(18,19-3)6(8(16)17)10-2-12/h2-7,11,13-15,18H,1H2,(H,10,12)(H,16,17)/t3-,4+,5+,6?,7-,9+/m1/s1. The summed E-state index contributed by atoms with van der Waals surface area (Å²) in [4.78, 5) is 21.3. The lowest BCUT2D eigenvalue weighted by Crippen LogP contribution is -2.72. The number of ether oxygens (including phenoxy) is 1. The number of carboxylic acids is 1. The zero-order valence-electron chi connectivity index (χ0n) is 9.58. The highest BCUT2D eigenvalue weighted by atomic mass is 16.7. The van der Waals surface area contributed by atoms with Crippen molar-refractivity contribution in [3.8, 4) is 0 Å². The maximum atomic E-state index is 10.9. The van der Waals surface area contributed by atoms with Gasteiger partial charge in [-0.05, 0) is 0 Å². The number of aliphatic hydroxyl groups is 5. The van der Waals surface area contributed by atoms with Gasteiger partial charge in [-0.3, -0.25) is 4.79 Å². The van der Waals surface area contributed by atoms with Crippen molar-refractivity contribution in [2.75, 3.05) is 6.61 Å². The Labute approximate surface area is 106 Å². The van der Waals surface area contributed by atoms with Crippen LogP contribution in [0.3, 0.4) is 0 Å². The minimum absolute atomic E-state index is 0.0434. The van der Waals surface area contributed by atoms with Crippen molar-refractivity contribution in [2.45, 2.75) is 36.2 Å². The quantitative estimate of drug-likeness (QED) is 0.244. The second-order valence-corrected chi connectivity index (χ2v) is 4.07. The molecule has 6 atom stereocenters. The molecule has 1 saturated heterocycles. The largest absolute Gasteiger partial charge is 0.480 e. The van der Waals surface area contributed by atoms with Crippen molar-refractivity contribution in [1.82, 2.24) is 5.32 Å². The van der Waals surface area contributed by atoms with Crippen LogP contribution in [0.15, 0.2) is 0 Å². The van der Waals surface area contributed by atoms with Gasteiger partial charge in [0.05, 0.1) is 6.61 Å². The van der Waals surface area contributed by atoms with Gasteiger partial charge in [-0.2, -0.15) is 0 Å². The molecule has 0 aliphatic carbocycles. The highest BCUT2D eigenvalue weighted by Gasteiger charge is 2.58. The van der Waals surface area contributed by atoms with E-state index in [1.165, 1.54) is 0 Å². The van der Waals surface area contributed by atoms with Crippen molar-refractivity contribution >= 4 is 12.4 Å². The first kappa shape index (κ1) is 15.8. The minimum Gasteiger partial charge on any atom is -0.480 e. The molecule has 19 heavy (non-hydrogen) atoms. The van der Waals surface area contributed by atoms with Gasteiger partial charge in [0.15, 0.2) is 6.04 Å². The molecule has 10 nitrogen and oxygen atoms in total. The summed E-state index contributed by atoms with van der Waals surface area (Å²) in [5.41, 5.74) is 0. The lowest BCUT2D eigenvalue weighted by atomic mass is 9.88. The van der Waals surface area contributed by atoms with Crippen molar-refractivity contribution in [1.29, 1.82) is 0 Å². The highest BCUT2D eigenvalue weighted by molar-refractivity contribution is 5.77. The van der Waals surface area contributed by atoms with E-state index in [1.54, 1.807) is 5.32 Å². The second-order valence-electron chi connectivity index (χ2n) is 4.07. The Kier molecular flexibility index (Phi) is 4.79. The molecular weight excluding hydrogens is 266 g/mol. The Morgan fingerprint density at radius 1 is 1.37 bits per heavy atom. The van der Waals surface area contributed by atoms with E-state index in [4.69, 9.17) is 14.9 Å². The Morgan fingerprint density at radius 2 is 1.95 bits per heavy atom. The Bertz CT molecular complexity index is 349. The molecule has 1 rings (SSSR count). The number of rotatable bonds is 5. The molecule has 0 aromatic heterocycles. The molecule has 0 radical (unpaired) electrons. The molecule has 0 saturated carbocycles. The maximum Gasteiger partial charge on any atom is 0.332 e. The maximum absolute atomic E-state index is 10.9. The summed E-state index contributed by atoms with van der Waals surface area (Å²) >= 11 is 0. The van der Waals surface area contributed by atoms with E-state index >= 15 is 0 Å². The molecule has 1 aliphatic heterocycles. The molecule has 1 unspecified atom stereocenters. The number of hydrogen-bond donors (Lipinski definition) is 7. The van der Waals surface area contributed by atoms with Crippen LogP contribution < -0.4 is 5.32 Å². The molecule has 0 aromatic rings. The number of hydrogen-bond acceptors (Lipinski definition) is 8. The average molecular weight is 281 g/mol. The zero-order valence-corrected chi connectivity index (χ0v) is 9.58. The molecule has 110 valence electrons. The van der Waals surface area contributed by atoms with E-state index in [1.807, 2.05) is 0 Å². The van der Waals surface area contributed by atoms with Crippen LogP contribution in [-0.2, 0) is 14.3 Å². The smallest absolute Gasteiger partial charge is 0.332 e. The van der Waals surface area contributed by atoms with Crippen molar-refractivity contribution < 1.29 is 45.0 Å². The Hall–Kier alpha value is -1.30. The first-order valence-corrected chi connectivity index (χ1v) is 5.27. The monoisotopic (exact) mass is 281 g/mol. The summed E-state index contributed by atoms with van der Waals surface area (Å²) in [6, 6.07) is -2.10. The summed E-state index contributed by atoms with van der Waals surface area (Å²) in [5.74, 6) is -4.65. The molecule has 1 heterocycles. The van der Waals surface area contributed by atoms with E-state index < -0.39 is 48.8 Å². The number of aliphatic carboxylic acids is 1. The molecule has 0 aromatic carbocycles. The van der Waals surface area contributed by atoms with E-state index in [0.29, 0.717) is 0 Å². The van der Waals surface area contributed by atoms with Gasteiger partial charge in [0.2, 0.25) is 12.2 Å². The SMILES string of the molecule is O=CNC(C(=O)O)[C@]1(O)O[C@H](CO)[C@H](O)[C@H](O)[C@H]1O. The van der Waals surface area contributed by atoms with E-state index in [-0.39, 0.29) is 6.41 Å². The predicted octanol–water partition coefficient (Wildman–Crippen LogP) is -4.65. The number of carbonyl (C=O) groups is 2. The van der Waals surface area contributed by atoms with Gasteiger partial charge in [-0.1, -0.05) is 0 Å². The molecule has 1 aliphatic rings. The van der Waals surface area contributed by atoms with Crippen LogP contribution in [0.4, 0.5) is 0 Å². The zero-order chi connectivity index (χ0) is 14.8. The van der Waals surface area contributed by atoms with Gasteiger partial charge < -0.3 is 40.7 Å². The summed E-state index contributed by atoms with van der Waals surface area (Å²) in [6.07, 6.45) is -7.48. The van der Waals surface area contributed by atoms with Gasteiger partial charge in [-0.15, -0.1) is 0 Å². The lowest BCUT2D eigenvalue weighted by Gasteiger charge is -2.47. The molecule has 7 N–H and O–H groups in total. The highest BCUT2D eigenvalue weighted by Crippen LogP contribution is 2.30. The molecule has 0 bridgehead atoms. The van der Waals surface area contributed by atoms with Crippen LogP contribution in [0, 0.1) is 0 Å². The summed E-state index contributed by atoms with van der Waals surface area (Å²) in [6.45, 7) is -0.847. The Morgan fingerprint density at radius 3 is 2.37 bits per heavy atom.